The number of aliphatic hydroxyl groups excluding tert-OH is 3. The Labute approximate surface area is 219 Å². The minimum atomic E-state index is -1.02. The van der Waals surface area contributed by atoms with E-state index in [9.17, 15) is 15.3 Å². The van der Waals surface area contributed by atoms with Crippen molar-refractivity contribution in [3.8, 4) is 11.5 Å². The molecule has 5 rings (SSSR count). The number of nitrogens with zero attached hydrogens (tertiary/aromatic N) is 5. The Morgan fingerprint density at radius 3 is 2.65 bits per heavy atom. The Kier molecular flexibility index (Phi) is 7.70. The fraction of sp³-hybridized carbons (Fsp3) is 0.600. The van der Waals surface area contributed by atoms with Crippen LogP contribution in [0.15, 0.2) is 23.4 Å². The van der Waals surface area contributed by atoms with E-state index in [1.54, 1.807) is 30.7 Å². The smallest absolute Gasteiger partial charge is 0.191 e. The first-order chi connectivity index (χ1) is 18.0. The first-order valence-electron chi connectivity index (χ1n) is 12.7. The van der Waals surface area contributed by atoms with Gasteiger partial charge in [-0.05, 0) is 49.3 Å². The molecule has 0 saturated heterocycles. The number of benzene rings is 1. The third-order valence-electron chi connectivity index (χ3n) is 7.27. The lowest BCUT2D eigenvalue weighted by molar-refractivity contribution is 0.00107. The molecule has 11 nitrogen and oxygen atoms in total. The maximum atomic E-state index is 10.8. The maximum Gasteiger partial charge on any atom is 0.191 e. The zero-order chi connectivity index (χ0) is 26.1. The molecule has 3 aromatic rings. The number of anilines is 1. The molecule has 37 heavy (non-hydrogen) atoms. The van der Waals surface area contributed by atoms with Crippen molar-refractivity contribution in [2.75, 3.05) is 31.9 Å². The van der Waals surface area contributed by atoms with Crippen LogP contribution >= 0.6 is 11.8 Å². The molecule has 2 heterocycles. The van der Waals surface area contributed by atoms with E-state index in [0.29, 0.717) is 46.5 Å². The molecule has 6 unspecified atom stereocenters. The Balaban J connectivity index is 1.43. The van der Waals surface area contributed by atoms with Crippen molar-refractivity contribution in [3.05, 3.63) is 23.8 Å². The number of rotatable bonds is 11. The molecule has 6 atom stereocenters. The molecule has 2 fully saturated rings. The van der Waals surface area contributed by atoms with Crippen molar-refractivity contribution in [2.24, 2.45) is 5.92 Å². The van der Waals surface area contributed by atoms with Gasteiger partial charge in [0.25, 0.3) is 0 Å². The first kappa shape index (κ1) is 26.0. The van der Waals surface area contributed by atoms with Crippen LogP contribution in [0.2, 0.25) is 0 Å². The number of aliphatic hydroxyl groups is 3. The van der Waals surface area contributed by atoms with Gasteiger partial charge in [0.05, 0.1) is 26.4 Å². The lowest BCUT2D eigenvalue weighted by atomic mass is 10.0. The summed E-state index contributed by atoms with van der Waals surface area (Å²) in [4.78, 5) is 9.49. The monoisotopic (exact) mass is 530 g/mol. The van der Waals surface area contributed by atoms with E-state index in [2.05, 4.69) is 28.6 Å². The molecule has 2 saturated carbocycles. The van der Waals surface area contributed by atoms with E-state index in [4.69, 9.17) is 19.4 Å². The molecule has 2 aliphatic carbocycles. The number of methoxy groups -OCH3 is 2. The van der Waals surface area contributed by atoms with Gasteiger partial charge in [0, 0.05) is 24.3 Å². The summed E-state index contributed by atoms with van der Waals surface area (Å²) < 4.78 is 12.4. The number of ether oxygens (including phenoxy) is 2. The van der Waals surface area contributed by atoms with Crippen LogP contribution in [-0.2, 0) is 0 Å². The zero-order valence-electron chi connectivity index (χ0n) is 21.2. The van der Waals surface area contributed by atoms with E-state index >= 15 is 0 Å². The number of fused-ring (bicyclic) bond motifs is 1. The van der Waals surface area contributed by atoms with Gasteiger partial charge in [-0.25, -0.2) is 14.6 Å². The summed E-state index contributed by atoms with van der Waals surface area (Å²) in [6.45, 7) is 2.06. The van der Waals surface area contributed by atoms with E-state index < -0.39 is 18.2 Å². The van der Waals surface area contributed by atoms with Gasteiger partial charge in [-0.1, -0.05) is 30.0 Å². The van der Waals surface area contributed by atoms with Crippen LogP contribution in [0, 0.1) is 5.92 Å². The second-order valence-corrected chi connectivity index (χ2v) is 10.7. The Hall–Kier alpha value is -2.67. The van der Waals surface area contributed by atoms with Crippen LogP contribution in [0.3, 0.4) is 0 Å². The molecule has 0 bridgehead atoms. The lowest BCUT2D eigenvalue weighted by Gasteiger charge is -2.17. The van der Waals surface area contributed by atoms with Gasteiger partial charge in [-0.15, -0.1) is 5.10 Å². The topological polar surface area (TPSA) is 148 Å². The van der Waals surface area contributed by atoms with Crippen LogP contribution in [0.25, 0.3) is 11.2 Å². The third-order valence-corrected chi connectivity index (χ3v) is 8.33. The van der Waals surface area contributed by atoms with Crippen molar-refractivity contribution < 1.29 is 24.8 Å². The summed E-state index contributed by atoms with van der Waals surface area (Å²) in [5.41, 5.74) is 2.22. The fourth-order valence-corrected chi connectivity index (χ4v) is 5.86. The molecule has 2 aliphatic rings. The molecule has 0 aliphatic heterocycles. The van der Waals surface area contributed by atoms with Crippen LogP contribution < -0.4 is 14.8 Å². The van der Waals surface area contributed by atoms with Gasteiger partial charge in [0.15, 0.2) is 33.6 Å². The predicted molar refractivity (Wildman–Crippen MR) is 139 cm³/mol. The third kappa shape index (κ3) is 5.07. The predicted octanol–water partition coefficient (Wildman–Crippen LogP) is 2.37. The lowest BCUT2D eigenvalue weighted by Crippen LogP contribution is -2.30. The highest BCUT2D eigenvalue weighted by Gasteiger charge is 2.44. The van der Waals surface area contributed by atoms with Gasteiger partial charge in [-0.2, -0.15) is 0 Å². The maximum absolute atomic E-state index is 10.8. The van der Waals surface area contributed by atoms with E-state index in [0.717, 1.165) is 24.2 Å². The van der Waals surface area contributed by atoms with Gasteiger partial charge >= 0.3 is 0 Å². The highest BCUT2D eigenvalue weighted by atomic mass is 32.2. The molecule has 0 amide bonds. The minimum Gasteiger partial charge on any atom is -0.493 e. The Morgan fingerprint density at radius 1 is 1.11 bits per heavy atom. The quantitative estimate of drug-likeness (QED) is 0.214. The average Bonchev–Trinajstić information content (AvgIpc) is 3.46. The fourth-order valence-electron chi connectivity index (χ4n) is 5.17. The summed E-state index contributed by atoms with van der Waals surface area (Å²) in [5.74, 6) is 2.96. The Morgan fingerprint density at radius 2 is 1.92 bits per heavy atom. The van der Waals surface area contributed by atoms with Crippen LogP contribution in [0.1, 0.15) is 50.1 Å². The van der Waals surface area contributed by atoms with E-state index in [-0.39, 0.29) is 24.5 Å². The van der Waals surface area contributed by atoms with Crippen LogP contribution in [-0.4, -0.2) is 85.1 Å². The van der Waals surface area contributed by atoms with Crippen molar-refractivity contribution in [2.45, 2.75) is 68.0 Å². The molecule has 12 heteroatoms. The van der Waals surface area contributed by atoms with E-state index in [1.807, 2.05) is 12.1 Å². The van der Waals surface area contributed by atoms with Crippen molar-refractivity contribution >= 4 is 28.7 Å². The van der Waals surface area contributed by atoms with Crippen LogP contribution in [0.5, 0.6) is 11.5 Å². The largest absolute Gasteiger partial charge is 0.493 e. The highest BCUT2D eigenvalue weighted by molar-refractivity contribution is 7.99. The molecular weight excluding hydrogens is 496 g/mol. The van der Waals surface area contributed by atoms with Gasteiger partial charge in [0.2, 0.25) is 0 Å². The average molecular weight is 531 g/mol. The summed E-state index contributed by atoms with van der Waals surface area (Å²) in [6.07, 6.45) is 0.862. The molecular formula is C25H34N6O5S. The van der Waals surface area contributed by atoms with Crippen LogP contribution in [0.4, 0.5) is 5.82 Å². The standard InChI is InChI=1S/C25H34N6O5S/c1-4-9-37-25-27-23(26-16-12-15(16)13-5-6-18(35-2)19(11-13)36-3)20-24(28-25)31(30-29-20)17-10-14(7-8-32)21(33)22(17)34/h5-6,11,14-17,21-22,32-34H,4,7-10,12H2,1-3H3,(H,26,27,28). The number of aromatic nitrogens is 5. The molecule has 4 N–H and O–H groups in total. The second kappa shape index (κ2) is 11.0. The normalized spacial score (nSPS) is 27.0. The second-order valence-electron chi connectivity index (χ2n) is 9.67. The zero-order valence-corrected chi connectivity index (χ0v) is 22.1. The van der Waals surface area contributed by atoms with Gasteiger partial charge in [0.1, 0.15) is 6.10 Å². The van der Waals surface area contributed by atoms with E-state index in [1.165, 1.54) is 0 Å². The molecule has 200 valence electrons. The Bertz CT molecular complexity index is 1240. The summed E-state index contributed by atoms with van der Waals surface area (Å²) >= 11 is 1.56. The molecule has 2 aromatic heterocycles. The number of hydrogen-bond acceptors (Lipinski definition) is 11. The SMILES string of the molecule is CCCSc1nc(NC2CC2c2ccc(OC)c(OC)c2)c2nnn(C3CC(CCO)C(O)C3O)c2n1. The minimum absolute atomic E-state index is 0.0457. The number of thioether (sulfide) groups is 1. The molecule has 0 radical (unpaired) electrons. The highest BCUT2D eigenvalue weighted by Crippen LogP contribution is 2.46. The summed E-state index contributed by atoms with van der Waals surface area (Å²) in [5, 5.41) is 43.5. The van der Waals surface area contributed by atoms with Crippen molar-refractivity contribution in [3.63, 3.8) is 0 Å². The van der Waals surface area contributed by atoms with Crippen molar-refractivity contribution in [1.29, 1.82) is 0 Å². The summed E-state index contributed by atoms with van der Waals surface area (Å²) in [6, 6.07) is 5.66. The van der Waals surface area contributed by atoms with Crippen molar-refractivity contribution in [1.82, 2.24) is 25.0 Å². The number of hydrogen-bond donors (Lipinski definition) is 4. The number of nitrogens with one attached hydrogen (secondary N) is 1. The van der Waals surface area contributed by atoms with Gasteiger partial charge in [-0.3, -0.25) is 0 Å². The summed E-state index contributed by atoms with van der Waals surface area (Å²) in [7, 11) is 3.26. The molecule has 0 spiro atoms. The first-order valence-corrected chi connectivity index (χ1v) is 13.7. The molecule has 1 aromatic carbocycles. The van der Waals surface area contributed by atoms with Gasteiger partial charge < -0.3 is 30.1 Å².